The number of nitrogens with zero attached hydrogens (tertiary/aromatic N) is 3. The maximum Gasteiger partial charge on any atom is 0.322 e. The van der Waals surface area contributed by atoms with Crippen molar-refractivity contribution in [1.82, 2.24) is 14.7 Å². The summed E-state index contributed by atoms with van der Waals surface area (Å²) in [4.78, 5) is 27.3. The van der Waals surface area contributed by atoms with Crippen molar-refractivity contribution < 1.29 is 9.59 Å². The summed E-state index contributed by atoms with van der Waals surface area (Å²) in [7, 11) is 0. The zero-order valence-electron chi connectivity index (χ0n) is 20.1. The lowest BCUT2D eigenvalue weighted by molar-refractivity contribution is -0.116. The monoisotopic (exact) mass is 447 g/mol. The highest BCUT2D eigenvalue weighted by Gasteiger charge is 2.23. The Morgan fingerprint density at radius 2 is 1.73 bits per heavy atom. The van der Waals surface area contributed by atoms with Crippen molar-refractivity contribution in [1.29, 1.82) is 0 Å². The molecule has 0 aliphatic heterocycles. The Balaban J connectivity index is 1.77. The third-order valence-electron chi connectivity index (χ3n) is 5.13. The Morgan fingerprint density at radius 3 is 2.36 bits per heavy atom. The molecular formula is C26H33N5O2. The predicted molar refractivity (Wildman–Crippen MR) is 133 cm³/mol. The van der Waals surface area contributed by atoms with Gasteiger partial charge in [-0.25, -0.2) is 9.48 Å². The number of nitrogens with one attached hydrogen (secondary N) is 2. The van der Waals surface area contributed by atoms with Crippen LogP contribution in [0.3, 0.4) is 0 Å². The van der Waals surface area contributed by atoms with E-state index in [4.69, 9.17) is 5.10 Å². The quantitative estimate of drug-likeness (QED) is 0.512. The molecule has 3 aromatic rings. The number of hydrogen-bond donors (Lipinski definition) is 2. The van der Waals surface area contributed by atoms with E-state index in [1.54, 1.807) is 4.68 Å². The van der Waals surface area contributed by atoms with E-state index >= 15 is 0 Å². The lowest BCUT2D eigenvalue weighted by atomic mass is 9.92. The number of hydrogen-bond acceptors (Lipinski definition) is 3. The Hall–Kier alpha value is -3.61. The molecule has 0 fully saturated rings. The number of aryl methyl sites for hydroxylation is 1. The molecule has 0 spiro atoms. The minimum absolute atomic E-state index is 0.0592. The number of urea groups is 1. The number of rotatable bonds is 7. The highest BCUT2D eigenvalue weighted by molar-refractivity contribution is 5.96. The van der Waals surface area contributed by atoms with Crippen molar-refractivity contribution in [2.75, 3.05) is 23.7 Å². The summed E-state index contributed by atoms with van der Waals surface area (Å²) in [6.07, 6.45) is 0.741. The molecule has 0 atom stereocenters. The van der Waals surface area contributed by atoms with Crippen LogP contribution in [-0.2, 0) is 10.2 Å². The Bertz CT molecular complexity index is 1100. The van der Waals surface area contributed by atoms with Gasteiger partial charge in [0.15, 0.2) is 0 Å². The number of benzene rings is 2. The Morgan fingerprint density at radius 1 is 1.00 bits per heavy atom. The van der Waals surface area contributed by atoms with Gasteiger partial charge >= 0.3 is 6.03 Å². The Labute approximate surface area is 195 Å². The molecular weight excluding hydrogens is 414 g/mol. The van der Waals surface area contributed by atoms with E-state index in [1.165, 1.54) is 4.90 Å². The Kier molecular flexibility index (Phi) is 7.53. The first kappa shape index (κ1) is 24.0. The molecule has 0 aliphatic rings. The zero-order valence-corrected chi connectivity index (χ0v) is 20.1. The van der Waals surface area contributed by atoms with Crippen LogP contribution >= 0.6 is 0 Å². The van der Waals surface area contributed by atoms with Crippen molar-refractivity contribution >= 4 is 23.4 Å². The number of amides is 3. The van der Waals surface area contributed by atoms with Gasteiger partial charge in [-0.15, -0.1) is 0 Å². The highest BCUT2D eigenvalue weighted by atomic mass is 16.2. The molecule has 0 bridgehead atoms. The van der Waals surface area contributed by atoms with Gasteiger partial charge in [0.2, 0.25) is 5.91 Å². The number of anilines is 2. The van der Waals surface area contributed by atoms with Crippen molar-refractivity contribution in [2.45, 2.75) is 46.5 Å². The third kappa shape index (κ3) is 6.44. The van der Waals surface area contributed by atoms with Crippen LogP contribution in [0.1, 0.15) is 45.4 Å². The van der Waals surface area contributed by atoms with Crippen molar-refractivity contribution in [3.63, 3.8) is 0 Å². The van der Waals surface area contributed by atoms with Crippen LogP contribution in [0.15, 0.2) is 60.7 Å². The van der Waals surface area contributed by atoms with E-state index in [0.29, 0.717) is 18.1 Å². The summed E-state index contributed by atoms with van der Waals surface area (Å²) in [6, 6.07) is 18.8. The number of carbonyl (C=O) groups is 2. The summed E-state index contributed by atoms with van der Waals surface area (Å²) in [5.41, 5.74) is 3.30. The van der Waals surface area contributed by atoms with E-state index < -0.39 is 0 Å². The molecule has 2 aromatic carbocycles. The molecule has 0 unspecified atom stereocenters. The molecule has 2 N–H and O–H groups in total. The van der Waals surface area contributed by atoms with E-state index in [0.717, 1.165) is 23.4 Å². The molecule has 33 heavy (non-hydrogen) atoms. The van der Waals surface area contributed by atoms with Gasteiger partial charge in [0.25, 0.3) is 0 Å². The summed E-state index contributed by atoms with van der Waals surface area (Å²) in [5.74, 6) is 0.298. The molecule has 0 radical (unpaired) electrons. The van der Waals surface area contributed by atoms with Gasteiger partial charge in [0.1, 0.15) is 12.4 Å². The fourth-order valence-corrected chi connectivity index (χ4v) is 3.41. The summed E-state index contributed by atoms with van der Waals surface area (Å²) in [5, 5.41) is 10.6. The number of carbonyl (C=O) groups excluding carboxylic acids is 2. The van der Waals surface area contributed by atoms with Crippen LogP contribution in [-0.4, -0.2) is 39.7 Å². The largest absolute Gasteiger partial charge is 0.322 e. The van der Waals surface area contributed by atoms with Gasteiger partial charge < -0.3 is 15.5 Å². The van der Waals surface area contributed by atoms with Gasteiger partial charge in [0.05, 0.1) is 11.4 Å². The van der Waals surface area contributed by atoms with Gasteiger partial charge in [-0.2, -0.15) is 5.10 Å². The second kappa shape index (κ2) is 10.3. The second-order valence-corrected chi connectivity index (χ2v) is 9.18. The van der Waals surface area contributed by atoms with Crippen LogP contribution in [0.4, 0.5) is 16.3 Å². The molecule has 174 valence electrons. The highest BCUT2D eigenvalue weighted by Crippen LogP contribution is 2.26. The molecule has 7 heteroatoms. The fraction of sp³-hybridized carbons (Fsp3) is 0.346. The van der Waals surface area contributed by atoms with Gasteiger partial charge in [-0.3, -0.25) is 4.79 Å². The molecule has 1 aromatic heterocycles. The lowest BCUT2D eigenvalue weighted by Crippen LogP contribution is -2.41. The van der Waals surface area contributed by atoms with Crippen LogP contribution < -0.4 is 10.6 Å². The first-order valence-electron chi connectivity index (χ1n) is 11.3. The lowest BCUT2D eigenvalue weighted by Gasteiger charge is -2.22. The third-order valence-corrected chi connectivity index (χ3v) is 5.13. The van der Waals surface area contributed by atoms with Crippen LogP contribution in [0.5, 0.6) is 0 Å². The molecule has 0 saturated heterocycles. The molecule has 3 rings (SSSR count). The van der Waals surface area contributed by atoms with E-state index in [1.807, 2.05) is 74.5 Å². The van der Waals surface area contributed by atoms with E-state index in [2.05, 4.69) is 31.4 Å². The molecule has 1 heterocycles. The van der Waals surface area contributed by atoms with E-state index in [-0.39, 0.29) is 23.9 Å². The minimum Gasteiger partial charge on any atom is -0.315 e. The minimum atomic E-state index is -0.301. The smallest absolute Gasteiger partial charge is 0.315 e. The van der Waals surface area contributed by atoms with Gasteiger partial charge in [-0.1, -0.05) is 58.0 Å². The van der Waals surface area contributed by atoms with Crippen LogP contribution in [0.25, 0.3) is 5.69 Å². The topological polar surface area (TPSA) is 79.3 Å². The van der Waals surface area contributed by atoms with Gasteiger partial charge in [-0.05, 0) is 43.2 Å². The zero-order chi connectivity index (χ0) is 24.0. The average Bonchev–Trinajstić information content (AvgIpc) is 3.18. The fourth-order valence-electron chi connectivity index (χ4n) is 3.41. The van der Waals surface area contributed by atoms with E-state index in [9.17, 15) is 9.59 Å². The molecule has 0 saturated carbocycles. The van der Waals surface area contributed by atoms with Crippen LogP contribution in [0.2, 0.25) is 0 Å². The van der Waals surface area contributed by atoms with Crippen molar-refractivity contribution in [2.24, 2.45) is 0 Å². The standard InChI is InChI=1S/C26H33N5O2/c1-6-15-30(25(33)27-20-12-10-11-19(2)16-20)18-24(32)28-23-17-22(26(3,4)5)29-31(23)21-13-8-7-9-14-21/h7-14,16-17H,6,15,18H2,1-5H3,(H,27,33)(H,28,32). The second-order valence-electron chi connectivity index (χ2n) is 9.18. The number of para-hydroxylation sites is 1. The summed E-state index contributed by atoms with van der Waals surface area (Å²) < 4.78 is 1.73. The maximum atomic E-state index is 13.0. The van der Waals surface area contributed by atoms with Gasteiger partial charge in [0, 0.05) is 23.7 Å². The first-order valence-corrected chi connectivity index (χ1v) is 11.3. The van der Waals surface area contributed by atoms with Crippen molar-refractivity contribution in [3.05, 3.63) is 71.9 Å². The normalized spacial score (nSPS) is 11.2. The summed E-state index contributed by atoms with van der Waals surface area (Å²) >= 11 is 0. The first-order chi connectivity index (χ1) is 15.7. The summed E-state index contributed by atoms with van der Waals surface area (Å²) in [6.45, 7) is 10.6. The predicted octanol–water partition coefficient (Wildman–Crippen LogP) is 5.36. The average molecular weight is 448 g/mol. The molecule has 7 nitrogen and oxygen atoms in total. The SMILES string of the molecule is CCCN(CC(=O)Nc1cc(C(C)(C)C)nn1-c1ccccc1)C(=O)Nc1cccc(C)c1. The van der Waals surface area contributed by atoms with Crippen molar-refractivity contribution in [3.8, 4) is 5.69 Å². The molecule has 0 aliphatic carbocycles. The molecule has 3 amide bonds. The number of aromatic nitrogens is 2. The van der Waals surface area contributed by atoms with Crippen LogP contribution in [0, 0.1) is 6.92 Å². The maximum absolute atomic E-state index is 13.0.